The quantitative estimate of drug-likeness (QED) is 0.310. The number of ether oxygens (including phenoxy) is 2. The standard InChI is InChI=1S/C25H25N3O5S/c1-6-32-18-9-7-17(8-10-18)28-13(2)11-19(15(28)4)20(29)12-33-25(31)22-14(3)21-23(30)26-16(5)27-24(21)34-22/h7-11H,6,12H2,1-5H3,(H,26,27,30). The number of H-pyrrole nitrogens is 1. The number of aryl methyl sites for hydroxylation is 3. The van der Waals surface area contributed by atoms with Crippen LogP contribution < -0.4 is 10.3 Å². The van der Waals surface area contributed by atoms with E-state index in [1.54, 1.807) is 19.9 Å². The fourth-order valence-corrected chi connectivity index (χ4v) is 5.14. The minimum Gasteiger partial charge on any atom is -0.494 e. The van der Waals surface area contributed by atoms with Gasteiger partial charge in [0.15, 0.2) is 6.61 Å². The smallest absolute Gasteiger partial charge is 0.349 e. The molecule has 0 aliphatic rings. The molecule has 0 atom stereocenters. The van der Waals surface area contributed by atoms with Gasteiger partial charge in [0.1, 0.15) is 21.3 Å². The summed E-state index contributed by atoms with van der Waals surface area (Å²) in [6.07, 6.45) is 0. The Morgan fingerprint density at radius 2 is 1.82 bits per heavy atom. The molecule has 0 amide bonds. The third kappa shape index (κ3) is 4.26. The first-order valence-electron chi connectivity index (χ1n) is 10.8. The minimum absolute atomic E-state index is 0.270. The highest BCUT2D eigenvalue weighted by atomic mass is 32.1. The molecule has 9 heteroatoms. The SMILES string of the molecule is CCOc1ccc(-n2c(C)cc(C(=O)COC(=O)c3sc4nc(C)[nH]c(=O)c4c3C)c2C)cc1. The number of thiophene rings is 1. The predicted molar refractivity (Wildman–Crippen MR) is 131 cm³/mol. The molecular weight excluding hydrogens is 454 g/mol. The predicted octanol–water partition coefficient (Wildman–Crippen LogP) is 4.45. The Balaban J connectivity index is 1.53. The van der Waals surface area contributed by atoms with Crippen LogP contribution in [-0.2, 0) is 4.74 Å². The van der Waals surface area contributed by atoms with Crippen molar-refractivity contribution in [1.29, 1.82) is 0 Å². The fourth-order valence-electron chi connectivity index (χ4n) is 4.02. The van der Waals surface area contributed by atoms with Gasteiger partial charge in [-0.05, 0) is 70.5 Å². The lowest BCUT2D eigenvalue weighted by Crippen LogP contribution is -2.15. The van der Waals surface area contributed by atoms with Gasteiger partial charge < -0.3 is 19.0 Å². The Hall–Kier alpha value is -3.72. The van der Waals surface area contributed by atoms with Gasteiger partial charge in [0, 0.05) is 22.6 Å². The van der Waals surface area contributed by atoms with E-state index >= 15 is 0 Å². The maximum atomic E-state index is 12.9. The second-order valence-electron chi connectivity index (χ2n) is 7.93. The molecule has 4 aromatic rings. The lowest BCUT2D eigenvalue weighted by atomic mass is 10.1. The monoisotopic (exact) mass is 479 g/mol. The van der Waals surface area contributed by atoms with Crippen LogP contribution in [0.2, 0.25) is 0 Å². The van der Waals surface area contributed by atoms with E-state index in [0.717, 1.165) is 34.2 Å². The average molecular weight is 480 g/mol. The van der Waals surface area contributed by atoms with Gasteiger partial charge in [-0.2, -0.15) is 0 Å². The van der Waals surface area contributed by atoms with Crippen molar-refractivity contribution in [3.05, 3.63) is 73.9 Å². The molecule has 0 unspecified atom stereocenters. The summed E-state index contributed by atoms with van der Waals surface area (Å²) in [7, 11) is 0. The lowest BCUT2D eigenvalue weighted by molar-refractivity contribution is 0.0479. The molecule has 0 spiro atoms. The molecule has 0 aliphatic carbocycles. The molecule has 34 heavy (non-hydrogen) atoms. The highest BCUT2D eigenvalue weighted by molar-refractivity contribution is 7.20. The summed E-state index contributed by atoms with van der Waals surface area (Å²) in [5, 5.41) is 0.368. The van der Waals surface area contributed by atoms with Crippen LogP contribution in [0.1, 0.15) is 49.7 Å². The summed E-state index contributed by atoms with van der Waals surface area (Å²) in [6.45, 7) is 9.24. The molecule has 0 radical (unpaired) electrons. The molecule has 3 heterocycles. The fraction of sp³-hybridized carbons (Fsp3) is 0.280. The normalized spacial score (nSPS) is 11.1. The number of hydrogen-bond donors (Lipinski definition) is 1. The van der Waals surface area contributed by atoms with E-state index in [1.807, 2.05) is 49.6 Å². The van der Waals surface area contributed by atoms with E-state index in [0.29, 0.717) is 33.8 Å². The van der Waals surface area contributed by atoms with Crippen LogP contribution >= 0.6 is 11.3 Å². The zero-order chi connectivity index (χ0) is 24.6. The van der Waals surface area contributed by atoms with E-state index < -0.39 is 12.6 Å². The molecule has 0 aliphatic heterocycles. The Kier molecular flexibility index (Phi) is 6.39. The van der Waals surface area contributed by atoms with Gasteiger partial charge in [-0.25, -0.2) is 9.78 Å². The Morgan fingerprint density at radius 1 is 1.12 bits per heavy atom. The number of hydrogen-bond acceptors (Lipinski definition) is 7. The second-order valence-corrected chi connectivity index (χ2v) is 8.93. The number of fused-ring (bicyclic) bond motifs is 1. The Morgan fingerprint density at radius 3 is 2.50 bits per heavy atom. The number of ketones is 1. The van der Waals surface area contributed by atoms with Crippen molar-refractivity contribution in [3.8, 4) is 11.4 Å². The molecule has 1 N–H and O–H groups in total. The number of benzene rings is 1. The zero-order valence-electron chi connectivity index (χ0n) is 19.6. The summed E-state index contributed by atoms with van der Waals surface area (Å²) in [5.74, 6) is 0.299. The van der Waals surface area contributed by atoms with Crippen LogP contribution in [0.5, 0.6) is 5.75 Å². The minimum atomic E-state index is -0.647. The summed E-state index contributed by atoms with van der Waals surface area (Å²) in [6, 6.07) is 9.42. The van der Waals surface area contributed by atoms with E-state index in [9.17, 15) is 14.4 Å². The van der Waals surface area contributed by atoms with Crippen molar-refractivity contribution in [2.75, 3.05) is 13.2 Å². The molecule has 3 aromatic heterocycles. The molecule has 176 valence electrons. The van der Waals surface area contributed by atoms with Gasteiger partial charge >= 0.3 is 5.97 Å². The largest absolute Gasteiger partial charge is 0.494 e. The van der Waals surface area contributed by atoms with E-state index in [4.69, 9.17) is 9.47 Å². The van der Waals surface area contributed by atoms with E-state index in [1.165, 1.54) is 0 Å². The number of carbonyl (C=O) groups is 2. The number of rotatable bonds is 7. The molecule has 0 fully saturated rings. The van der Waals surface area contributed by atoms with Gasteiger partial charge in [0.2, 0.25) is 5.78 Å². The third-order valence-corrected chi connectivity index (χ3v) is 6.74. The number of nitrogens with zero attached hydrogens (tertiary/aromatic N) is 2. The second kappa shape index (κ2) is 9.26. The van der Waals surface area contributed by atoms with Gasteiger partial charge in [-0.3, -0.25) is 9.59 Å². The van der Waals surface area contributed by atoms with Crippen molar-refractivity contribution in [2.24, 2.45) is 0 Å². The molecule has 0 saturated heterocycles. The number of aromatic amines is 1. The van der Waals surface area contributed by atoms with E-state index in [2.05, 4.69) is 9.97 Å². The zero-order valence-corrected chi connectivity index (χ0v) is 20.5. The molecule has 1 aromatic carbocycles. The summed E-state index contributed by atoms with van der Waals surface area (Å²) in [4.78, 5) is 45.5. The first kappa shape index (κ1) is 23.4. The Bertz CT molecular complexity index is 1460. The van der Waals surface area contributed by atoms with Gasteiger partial charge in [-0.15, -0.1) is 11.3 Å². The van der Waals surface area contributed by atoms with Crippen LogP contribution in [0.25, 0.3) is 15.9 Å². The number of Topliss-reactive ketones (excluding diaryl/α,β-unsaturated/α-hetero) is 1. The number of aromatic nitrogens is 3. The van der Waals surface area contributed by atoms with Crippen LogP contribution in [0.3, 0.4) is 0 Å². The van der Waals surface area contributed by atoms with Gasteiger partial charge in [-0.1, -0.05) is 0 Å². The van der Waals surface area contributed by atoms with Crippen molar-refractivity contribution >= 4 is 33.3 Å². The molecule has 4 rings (SSSR count). The van der Waals surface area contributed by atoms with Crippen LogP contribution in [0, 0.1) is 27.7 Å². The number of carbonyl (C=O) groups excluding carboxylic acids is 2. The summed E-state index contributed by atoms with van der Waals surface area (Å²) in [5.41, 5.74) is 3.24. The van der Waals surface area contributed by atoms with E-state index in [-0.39, 0.29) is 16.2 Å². The number of esters is 1. The highest BCUT2D eigenvalue weighted by Crippen LogP contribution is 2.28. The maximum Gasteiger partial charge on any atom is 0.349 e. The highest BCUT2D eigenvalue weighted by Gasteiger charge is 2.23. The van der Waals surface area contributed by atoms with Crippen molar-refractivity contribution in [3.63, 3.8) is 0 Å². The number of nitrogens with one attached hydrogen (secondary N) is 1. The molecular formula is C25H25N3O5S. The lowest BCUT2D eigenvalue weighted by Gasteiger charge is -2.11. The Labute approximate surface area is 200 Å². The molecule has 0 saturated carbocycles. The van der Waals surface area contributed by atoms with Crippen LogP contribution in [0.4, 0.5) is 0 Å². The van der Waals surface area contributed by atoms with Gasteiger partial charge in [0.25, 0.3) is 5.56 Å². The average Bonchev–Trinajstić information content (AvgIpc) is 3.28. The van der Waals surface area contributed by atoms with Crippen molar-refractivity contribution in [2.45, 2.75) is 34.6 Å². The van der Waals surface area contributed by atoms with Crippen molar-refractivity contribution < 1.29 is 19.1 Å². The van der Waals surface area contributed by atoms with Gasteiger partial charge in [0.05, 0.1) is 12.0 Å². The first-order chi connectivity index (χ1) is 16.2. The topological polar surface area (TPSA) is 103 Å². The summed E-state index contributed by atoms with van der Waals surface area (Å²) < 4.78 is 12.8. The molecule has 0 bridgehead atoms. The summed E-state index contributed by atoms with van der Waals surface area (Å²) >= 11 is 1.09. The first-order valence-corrected chi connectivity index (χ1v) is 11.7. The van der Waals surface area contributed by atoms with Crippen LogP contribution in [0.15, 0.2) is 35.1 Å². The van der Waals surface area contributed by atoms with Crippen LogP contribution in [-0.4, -0.2) is 39.5 Å². The third-order valence-electron chi connectivity index (χ3n) is 5.58. The van der Waals surface area contributed by atoms with Crippen molar-refractivity contribution in [1.82, 2.24) is 14.5 Å². The molecule has 8 nitrogen and oxygen atoms in total. The maximum absolute atomic E-state index is 12.9.